The molecule has 162 valence electrons. The molecule has 31 heavy (non-hydrogen) atoms. The number of ether oxygens (including phenoxy) is 1. The van der Waals surface area contributed by atoms with Crippen LogP contribution in [0, 0.1) is 5.82 Å². The number of aromatic nitrogens is 3. The van der Waals surface area contributed by atoms with Gasteiger partial charge in [-0.25, -0.2) is 9.37 Å². The van der Waals surface area contributed by atoms with E-state index in [-0.39, 0.29) is 29.3 Å². The lowest BCUT2D eigenvalue weighted by Gasteiger charge is -2.14. The highest BCUT2D eigenvalue weighted by Gasteiger charge is 2.26. The topological polar surface area (TPSA) is 124 Å². The van der Waals surface area contributed by atoms with Crippen LogP contribution in [0.3, 0.4) is 0 Å². The predicted molar refractivity (Wildman–Crippen MR) is 115 cm³/mol. The van der Waals surface area contributed by atoms with E-state index < -0.39 is 17.3 Å². The molecule has 1 aromatic carbocycles. The average molecular weight is 426 g/mol. The van der Waals surface area contributed by atoms with Gasteiger partial charge in [0.2, 0.25) is 0 Å². The van der Waals surface area contributed by atoms with E-state index in [1.807, 2.05) is 6.92 Å². The highest BCUT2D eigenvalue weighted by Crippen LogP contribution is 2.34. The molecule has 0 spiro atoms. The summed E-state index contributed by atoms with van der Waals surface area (Å²) in [6.45, 7) is 2.39. The molecule has 9 nitrogen and oxygen atoms in total. The number of nitrogens with zero attached hydrogens (tertiary/aromatic N) is 3. The van der Waals surface area contributed by atoms with Crippen molar-refractivity contribution in [2.45, 2.75) is 31.8 Å². The van der Waals surface area contributed by atoms with Crippen molar-refractivity contribution >= 4 is 28.2 Å². The fraction of sp³-hybridized carbons (Fsp3) is 0.333. The van der Waals surface area contributed by atoms with Crippen LogP contribution in [0.15, 0.2) is 35.4 Å². The van der Waals surface area contributed by atoms with Crippen molar-refractivity contribution in [1.29, 1.82) is 0 Å². The zero-order valence-electron chi connectivity index (χ0n) is 17.2. The number of amides is 1. The van der Waals surface area contributed by atoms with Crippen LogP contribution in [-0.4, -0.2) is 40.1 Å². The molecule has 4 rings (SSSR count). The first-order chi connectivity index (χ1) is 14.9. The molecule has 10 heteroatoms. The maximum atomic E-state index is 14.1. The van der Waals surface area contributed by atoms with Crippen molar-refractivity contribution in [2.24, 2.45) is 5.73 Å². The van der Waals surface area contributed by atoms with Gasteiger partial charge in [-0.3, -0.25) is 9.59 Å². The van der Waals surface area contributed by atoms with Gasteiger partial charge in [0.05, 0.1) is 23.9 Å². The number of benzene rings is 1. The highest BCUT2D eigenvalue weighted by atomic mass is 19.1. The van der Waals surface area contributed by atoms with Crippen LogP contribution in [0.5, 0.6) is 6.01 Å². The summed E-state index contributed by atoms with van der Waals surface area (Å²) in [7, 11) is 1.43. The van der Waals surface area contributed by atoms with Crippen molar-refractivity contribution in [3.05, 3.63) is 52.3 Å². The molecule has 1 atom stereocenters. The fourth-order valence-corrected chi connectivity index (χ4v) is 3.27. The summed E-state index contributed by atoms with van der Waals surface area (Å²) in [6, 6.07) is 4.39. The van der Waals surface area contributed by atoms with Crippen molar-refractivity contribution in [3.63, 3.8) is 0 Å². The maximum absolute atomic E-state index is 14.1. The molecule has 0 radical (unpaired) electrons. The molecule has 1 saturated carbocycles. The van der Waals surface area contributed by atoms with Gasteiger partial charge in [-0.2, -0.15) is 4.98 Å². The first-order valence-electron chi connectivity index (χ1n) is 9.93. The zero-order valence-corrected chi connectivity index (χ0v) is 17.2. The van der Waals surface area contributed by atoms with Crippen molar-refractivity contribution in [2.75, 3.05) is 24.3 Å². The number of pyridine rings is 1. The largest absolute Gasteiger partial charge is 0.467 e. The van der Waals surface area contributed by atoms with Crippen molar-refractivity contribution in [3.8, 4) is 6.01 Å². The Hall–Kier alpha value is -3.53. The number of hydrogen-bond donors (Lipinski definition) is 3. The Balaban J connectivity index is 1.71. The Morgan fingerprint density at radius 1 is 1.42 bits per heavy atom. The number of methoxy groups -OCH3 is 1. The third-order valence-corrected chi connectivity index (χ3v) is 4.97. The van der Waals surface area contributed by atoms with E-state index in [9.17, 15) is 14.0 Å². The van der Waals surface area contributed by atoms with Crippen LogP contribution in [0.2, 0.25) is 0 Å². The molecule has 1 fully saturated rings. The number of carbonyl (C=O) groups excluding carboxylic acids is 1. The first kappa shape index (κ1) is 20.7. The lowest BCUT2D eigenvalue weighted by Crippen LogP contribution is -2.25. The minimum absolute atomic E-state index is 0.0213. The van der Waals surface area contributed by atoms with E-state index in [1.54, 1.807) is 18.3 Å². The van der Waals surface area contributed by atoms with Crippen molar-refractivity contribution < 1.29 is 13.9 Å². The summed E-state index contributed by atoms with van der Waals surface area (Å²) in [6.07, 6.45) is 4.66. The number of rotatable bonds is 7. The Morgan fingerprint density at radius 3 is 2.87 bits per heavy atom. The van der Waals surface area contributed by atoms with Gasteiger partial charge in [-0.15, -0.1) is 0 Å². The zero-order chi connectivity index (χ0) is 22.1. The predicted octanol–water partition coefficient (Wildman–Crippen LogP) is 2.29. The van der Waals surface area contributed by atoms with Gasteiger partial charge in [0, 0.05) is 48.2 Å². The maximum Gasteiger partial charge on any atom is 0.316 e. The quantitative estimate of drug-likeness (QED) is 0.529. The van der Waals surface area contributed by atoms with Gasteiger partial charge in [0.15, 0.2) is 5.82 Å². The van der Waals surface area contributed by atoms with Crippen molar-refractivity contribution in [1.82, 2.24) is 14.5 Å². The number of fused-ring (bicyclic) bond motifs is 1. The van der Waals surface area contributed by atoms with E-state index in [2.05, 4.69) is 20.6 Å². The highest BCUT2D eigenvalue weighted by molar-refractivity contribution is 6.13. The SMILES string of the molecule is COc1ncc2c(NC[C@@H](C)N)ccc(C(=O)Nc3cc(F)c(=O)n(C4CC4)c3)c2n1. The Morgan fingerprint density at radius 2 is 2.19 bits per heavy atom. The minimum Gasteiger partial charge on any atom is -0.467 e. The standard InChI is InChI=1S/C21H23FN6O3/c1-11(23)8-24-17-6-5-14(18-15(17)9-25-21(27-18)31-2)19(29)26-12-7-16(22)20(30)28(10-12)13-3-4-13/h5-7,9-11,13,24H,3-4,8,23H2,1-2H3,(H,26,29)/t11-/m1/s1. The molecular weight excluding hydrogens is 403 g/mol. The molecule has 1 aliphatic rings. The molecular formula is C21H23FN6O3. The second kappa shape index (κ2) is 8.31. The van der Waals surface area contributed by atoms with Gasteiger partial charge in [0.25, 0.3) is 11.5 Å². The first-order valence-corrected chi connectivity index (χ1v) is 9.93. The average Bonchev–Trinajstić information content (AvgIpc) is 3.59. The summed E-state index contributed by atoms with van der Waals surface area (Å²) in [5, 5.41) is 6.50. The summed E-state index contributed by atoms with van der Waals surface area (Å²) in [5.74, 6) is -1.40. The number of carbonyl (C=O) groups is 1. The van der Waals surface area contributed by atoms with Gasteiger partial charge in [-0.05, 0) is 31.9 Å². The number of nitrogens with two attached hydrogens (primary N) is 1. The van der Waals surface area contributed by atoms with Gasteiger partial charge >= 0.3 is 6.01 Å². The number of nitrogens with one attached hydrogen (secondary N) is 2. The molecule has 0 unspecified atom stereocenters. The fourth-order valence-electron chi connectivity index (χ4n) is 3.27. The molecule has 1 aliphatic carbocycles. The number of anilines is 2. The molecule has 3 aromatic rings. The Bertz CT molecular complexity index is 1210. The van der Waals surface area contributed by atoms with E-state index in [4.69, 9.17) is 10.5 Å². The second-order valence-corrected chi connectivity index (χ2v) is 7.61. The van der Waals surface area contributed by atoms with Crippen LogP contribution in [0.25, 0.3) is 10.9 Å². The van der Waals surface area contributed by atoms with E-state index in [1.165, 1.54) is 17.9 Å². The second-order valence-electron chi connectivity index (χ2n) is 7.61. The normalized spacial score (nSPS) is 14.3. The number of halogens is 1. The van der Waals surface area contributed by atoms with E-state index in [0.717, 1.165) is 24.6 Å². The molecule has 0 aliphatic heterocycles. The van der Waals surface area contributed by atoms with E-state index in [0.29, 0.717) is 17.4 Å². The smallest absolute Gasteiger partial charge is 0.316 e. The monoisotopic (exact) mass is 426 g/mol. The van der Waals surface area contributed by atoms with Crippen LogP contribution < -0.4 is 26.7 Å². The molecule has 2 heterocycles. The third-order valence-electron chi connectivity index (χ3n) is 4.97. The van der Waals surface area contributed by atoms with Crippen LogP contribution >= 0.6 is 0 Å². The lowest BCUT2D eigenvalue weighted by molar-refractivity contribution is 0.102. The molecule has 0 saturated heterocycles. The summed E-state index contributed by atoms with van der Waals surface area (Å²) in [5.41, 5.74) is 6.68. The molecule has 4 N–H and O–H groups in total. The molecule has 2 aromatic heterocycles. The van der Waals surface area contributed by atoms with Gasteiger partial charge in [0.1, 0.15) is 0 Å². The third kappa shape index (κ3) is 4.33. The van der Waals surface area contributed by atoms with Gasteiger partial charge in [-0.1, -0.05) is 0 Å². The summed E-state index contributed by atoms with van der Waals surface area (Å²) < 4.78 is 20.5. The van der Waals surface area contributed by atoms with Crippen LogP contribution in [-0.2, 0) is 0 Å². The van der Waals surface area contributed by atoms with Crippen LogP contribution in [0.4, 0.5) is 15.8 Å². The van der Waals surface area contributed by atoms with E-state index >= 15 is 0 Å². The van der Waals surface area contributed by atoms with Gasteiger partial charge < -0.3 is 25.7 Å². The lowest BCUT2D eigenvalue weighted by atomic mass is 10.1. The molecule has 0 bridgehead atoms. The summed E-state index contributed by atoms with van der Waals surface area (Å²) in [4.78, 5) is 33.5. The summed E-state index contributed by atoms with van der Waals surface area (Å²) >= 11 is 0. The minimum atomic E-state index is -0.908. The number of hydrogen-bond acceptors (Lipinski definition) is 7. The van der Waals surface area contributed by atoms with Crippen LogP contribution in [0.1, 0.15) is 36.2 Å². The Kier molecular flexibility index (Phi) is 5.55. The Labute approximate surface area is 177 Å². The molecule has 1 amide bonds.